The van der Waals surface area contributed by atoms with Crippen LogP contribution in [0.25, 0.3) is 0 Å². The number of hydrogen-bond acceptors (Lipinski definition) is 10. The molecule has 0 spiro atoms. The largest absolute Gasteiger partial charge is 0.508 e. The molecule has 7 rings (SSSR count). The molecule has 5 atom stereocenters. The fraction of sp³-hybridized carbons (Fsp3) is 0.452. The van der Waals surface area contributed by atoms with Crippen LogP contribution in [0.5, 0.6) is 28.7 Å². The molecule has 52 heavy (non-hydrogen) atoms. The van der Waals surface area contributed by atoms with Crippen LogP contribution in [0, 0.1) is 11.8 Å². The Labute approximate surface area is 305 Å². The van der Waals surface area contributed by atoms with Crippen molar-refractivity contribution in [3.63, 3.8) is 0 Å². The van der Waals surface area contributed by atoms with E-state index in [-0.39, 0.29) is 36.4 Å². The summed E-state index contributed by atoms with van der Waals surface area (Å²) in [6, 6.07) is 20.9. The molecule has 3 heterocycles. The lowest BCUT2D eigenvalue weighted by atomic mass is 9.72. The van der Waals surface area contributed by atoms with Crippen molar-refractivity contribution in [3.05, 3.63) is 101 Å². The molecule has 1 fully saturated rings. The highest BCUT2D eigenvalue weighted by Gasteiger charge is 2.48. The van der Waals surface area contributed by atoms with Crippen LogP contribution in [0.4, 0.5) is 5.82 Å². The smallest absolute Gasteiger partial charge is 0.128 e. The van der Waals surface area contributed by atoms with Crippen LogP contribution in [0.1, 0.15) is 78.6 Å². The topological polar surface area (TPSA) is 135 Å². The third-order valence-electron chi connectivity index (χ3n) is 10.7. The number of phenolic OH excluding ortho intramolecular Hbond substituents is 1. The van der Waals surface area contributed by atoms with Crippen molar-refractivity contribution in [2.75, 3.05) is 39.8 Å². The van der Waals surface area contributed by atoms with E-state index in [9.17, 15) is 10.2 Å². The van der Waals surface area contributed by atoms with Gasteiger partial charge in [-0.2, -0.15) is 0 Å². The quantitative estimate of drug-likeness (QED) is 0.116. The summed E-state index contributed by atoms with van der Waals surface area (Å²) in [5.41, 5.74) is 10.4. The molecular formula is C42H50N2O8. The number of pyridine rings is 1. The van der Waals surface area contributed by atoms with Gasteiger partial charge < -0.3 is 44.4 Å². The number of ether oxygens (including phenoxy) is 6. The van der Waals surface area contributed by atoms with Crippen molar-refractivity contribution >= 4 is 5.82 Å². The second-order valence-electron chi connectivity index (χ2n) is 14.2. The number of rotatable bonds is 14. The molecule has 5 unspecified atom stereocenters. The zero-order valence-corrected chi connectivity index (χ0v) is 30.0. The van der Waals surface area contributed by atoms with Crippen molar-refractivity contribution in [1.29, 1.82) is 0 Å². The average Bonchev–Trinajstić information content (AvgIpc) is 3.65. The molecule has 10 nitrogen and oxygen atoms in total. The molecular weight excluding hydrogens is 660 g/mol. The number of phenols is 1. The molecule has 1 aliphatic carbocycles. The lowest BCUT2D eigenvalue weighted by Crippen LogP contribution is -2.46. The van der Waals surface area contributed by atoms with E-state index in [1.165, 1.54) is 0 Å². The number of nitrogen functional groups attached to an aromatic ring is 1. The summed E-state index contributed by atoms with van der Waals surface area (Å²) in [5.74, 6) is 2.84. The van der Waals surface area contributed by atoms with E-state index in [0.717, 1.165) is 65.9 Å². The Kier molecular flexibility index (Phi) is 11.3. The van der Waals surface area contributed by atoms with Gasteiger partial charge in [0, 0.05) is 54.9 Å². The summed E-state index contributed by atoms with van der Waals surface area (Å²) in [4.78, 5) is 4.13. The first-order chi connectivity index (χ1) is 25.4. The number of aliphatic hydroxyl groups is 1. The van der Waals surface area contributed by atoms with Gasteiger partial charge in [0.25, 0.3) is 0 Å². The predicted molar refractivity (Wildman–Crippen MR) is 197 cm³/mol. The van der Waals surface area contributed by atoms with Crippen LogP contribution in [0.15, 0.2) is 72.9 Å². The fourth-order valence-corrected chi connectivity index (χ4v) is 8.15. The van der Waals surface area contributed by atoms with E-state index >= 15 is 0 Å². The van der Waals surface area contributed by atoms with Crippen LogP contribution in [0.3, 0.4) is 0 Å². The van der Waals surface area contributed by atoms with E-state index in [2.05, 4.69) is 4.98 Å². The Balaban J connectivity index is 1.26. The number of nitrogens with two attached hydrogens (primary N) is 1. The van der Waals surface area contributed by atoms with Crippen LogP contribution in [-0.2, 0) is 22.3 Å². The normalized spacial score (nSPS) is 22.6. The first kappa shape index (κ1) is 35.9. The Morgan fingerprint density at radius 2 is 1.77 bits per heavy atom. The van der Waals surface area contributed by atoms with E-state index in [4.69, 9.17) is 34.2 Å². The number of fused-ring (bicyclic) bond motifs is 2. The molecule has 1 saturated carbocycles. The van der Waals surface area contributed by atoms with Crippen molar-refractivity contribution in [2.24, 2.45) is 11.8 Å². The second-order valence-corrected chi connectivity index (χ2v) is 14.2. The summed E-state index contributed by atoms with van der Waals surface area (Å²) in [7, 11) is 3.35. The predicted octanol–water partition coefficient (Wildman–Crippen LogP) is 7.14. The van der Waals surface area contributed by atoms with Crippen LogP contribution < -0.4 is 24.7 Å². The lowest BCUT2D eigenvalue weighted by molar-refractivity contribution is -0.112. The molecule has 4 N–H and O–H groups in total. The van der Waals surface area contributed by atoms with Crippen molar-refractivity contribution in [3.8, 4) is 28.7 Å². The number of nitrogens with zero attached hydrogens (tertiary/aromatic N) is 1. The van der Waals surface area contributed by atoms with Gasteiger partial charge in [-0.25, -0.2) is 4.98 Å². The minimum absolute atomic E-state index is 0.140. The van der Waals surface area contributed by atoms with E-state index in [0.29, 0.717) is 55.4 Å². The number of hydrogen-bond donors (Lipinski definition) is 3. The third-order valence-corrected chi connectivity index (χ3v) is 10.7. The van der Waals surface area contributed by atoms with Gasteiger partial charge in [0.1, 0.15) is 40.7 Å². The standard InChI is InChI=1S/C42H50N2O8/c1-47-17-6-11-37-39(42(33-23-31(48-2)12-13-36(33)52-37)49-18-15-26-14-16-44-38(43)21-26)35-25-50-41-28(19-27-7-5-8-29(45)20-27)22-32(24-34(41)40(35)46)51-30-9-3-4-10-30/h5,7-8,12-14,16,20-24,30,35,37,39-40,42,45-46H,3-4,6,9-11,15,17-19,25H2,1-2H3,(H2,43,44). The number of methoxy groups -OCH3 is 2. The van der Waals surface area contributed by atoms with Crippen molar-refractivity contribution in [2.45, 2.75) is 75.8 Å². The molecule has 0 bridgehead atoms. The first-order valence-electron chi connectivity index (χ1n) is 18.5. The van der Waals surface area contributed by atoms with Gasteiger partial charge >= 0.3 is 0 Å². The Morgan fingerprint density at radius 1 is 0.923 bits per heavy atom. The maximum Gasteiger partial charge on any atom is 0.128 e. The molecule has 0 amide bonds. The summed E-state index contributed by atoms with van der Waals surface area (Å²) in [6.07, 6.45) is 7.19. The molecule has 10 heteroatoms. The van der Waals surface area contributed by atoms with Crippen molar-refractivity contribution < 1.29 is 38.6 Å². The minimum Gasteiger partial charge on any atom is -0.508 e. The molecule has 0 radical (unpaired) electrons. The van der Waals surface area contributed by atoms with Gasteiger partial charge in [0.15, 0.2) is 0 Å². The van der Waals surface area contributed by atoms with Crippen LogP contribution >= 0.6 is 0 Å². The molecule has 276 valence electrons. The van der Waals surface area contributed by atoms with Gasteiger partial charge in [-0.15, -0.1) is 0 Å². The Morgan fingerprint density at radius 3 is 2.56 bits per heavy atom. The third kappa shape index (κ3) is 8.09. The van der Waals surface area contributed by atoms with E-state index in [1.807, 2.05) is 54.6 Å². The maximum atomic E-state index is 12.5. The SMILES string of the molecule is COCCCC1Oc2ccc(OC)cc2C(OCCc2ccnc(N)c2)C1C1COc2c(Cc3cccc(O)c3)cc(OC3CCCC3)cc2C1O. The van der Waals surface area contributed by atoms with E-state index in [1.54, 1.807) is 32.5 Å². The highest BCUT2D eigenvalue weighted by atomic mass is 16.5. The monoisotopic (exact) mass is 710 g/mol. The number of anilines is 1. The van der Waals surface area contributed by atoms with Crippen molar-refractivity contribution in [1.82, 2.24) is 4.98 Å². The fourth-order valence-electron chi connectivity index (χ4n) is 8.15. The number of aliphatic hydroxyl groups excluding tert-OH is 1. The molecule has 1 aromatic heterocycles. The van der Waals surface area contributed by atoms with Gasteiger partial charge in [0.2, 0.25) is 0 Å². The number of benzene rings is 3. The molecule has 4 aromatic rings. The maximum absolute atomic E-state index is 12.5. The average molecular weight is 711 g/mol. The summed E-state index contributed by atoms with van der Waals surface area (Å²) < 4.78 is 38.0. The molecule has 3 aliphatic rings. The summed E-state index contributed by atoms with van der Waals surface area (Å²) in [6.45, 7) is 1.27. The van der Waals surface area contributed by atoms with Gasteiger partial charge in [-0.05, 0) is 111 Å². The number of aromatic hydroxyl groups is 1. The van der Waals surface area contributed by atoms with Gasteiger partial charge in [0.05, 0.1) is 38.6 Å². The van der Waals surface area contributed by atoms with Gasteiger partial charge in [-0.3, -0.25) is 0 Å². The molecule has 3 aromatic carbocycles. The highest BCUT2D eigenvalue weighted by molar-refractivity contribution is 5.52. The summed E-state index contributed by atoms with van der Waals surface area (Å²) >= 11 is 0. The zero-order chi connectivity index (χ0) is 36.0. The zero-order valence-electron chi connectivity index (χ0n) is 30.0. The Bertz CT molecular complexity index is 1810. The second kappa shape index (κ2) is 16.4. The lowest BCUT2D eigenvalue weighted by Gasteiger charge is -2.46. The van der Waals surface area contributed by atoms with E-state index < -0.39 is 12.2 Å². The first-order valence-corrected chi connectivity index (χ1v) is 18.5. The van der Waals surface area contributed by atoms with Gasteiger partial charge in [-0.1, -0.05) is 12.1 Å². The molecule has 2 aliphatic heterocycles. The minimum atomic E-state index is -0.893. The summed E-state index contributed by atoms with van der Waals surface area (Å²) in [5, 5.41) is 22.7. The Hall–Kier alpha value is -4.51. The number of aromatic nitrogens is 1. The molecule has 0 saturated heterocycles. The highest BCUT2D eigenvalue weighted by Crippen LogP contribution is 2.52. The van der Waals surface area contributed by atoms with Crippen LogP contribution in [-0.4, -0.2) is 61.4 Å². The van der Waals surface area contributed by atoms with Crippen LogP contribution in [0.2, 0.25) is 0 Å².